The Labute approximate surface area is 248 Å². The summed E-state index contributed by atoms with van der Waals surface area (Å²) in [4.78, 5) is 71.3. The lowest BCUT2D eigenvalue weighted by atomic mass is 10.0. The molecule has 3 atom stereocenters. The van der Waals surface area contributed by atoms with Crippen LogP contribution in [-0.2, 0) is 35.4 Å². The van der Waals surface area contributed by atoms with E-state index in [2.05, 4.69) is 36.3 Å². The molecule has 20 heteroatoms. The predicted molar refractivity (Wildman–Crippen MR) is 147 cm³/mol. The summed E-state index contributed by atoms with van der Waals surface area (Å²) in [6, 6.07) is -1.04. The van der Waals surface area contributed by atoms with Crippen LogP contribution in [0.4, 0.5) is 5.13 Å². The first-order valence-corrected chi connectivity index (χ1v) is 15.1. The number of anilines is 1. The van der Waals surface area contributed by atoms with Crippen LogP contribution in [-0.4, -0.2) is 105 Å². The van der Waals surface area contributed by atoms with Crippen LogP contribution < -0.4 is 10.6 Å². The van der Waals surface area contributed by atoms with Gasteiger partial charge in [0.15, 0.2) is 10.8 Å². The molecule has 5 rings (SSSR count). The average Bonchev–Trinajstić information content (AvgIpc) is 3.73. The summed E-state index contributed by atoms with van der Waals surface area (Å²) >= 11 is 3.37. The van der Waals surface area contributed by atoms with Crippen molar-refractivity contribution in [1.29, 1.82) is 0 Å². The number of tetrazole rings is 1. The number of oxime groups is 1. The summed E-state index contributed by atoms with van der Waals surface area (Å²) in [5, 5.41) is 40.0. The summed E-state index contributed by atoms with van der Waals surface area (Å²) in [6.45, 7) is -0.466. The van der Waals surface area contributed by atoms with E-state index in [0.717, 1.165) is 39.1 Å². The van der Waals surface area contributed by atoms with E-state index in [1.807, 2.05) is 12.2 Å². The third-order valence-corrected chi connectivity index (χ3v) is 9.24. The minimum Gasteiger partial charge on any atom is -0.480 e. The predicted octanol–water partition coefficient (Wildman–Crippen LogP) is -0.247. The maximum atomic E-state index is 13.3. The van der Waals surface area contributed by atoms with Gasteiger partial charge in [-0.05, 0) is 34.9 Å². The van der Waals surface area contributed by atoms with Crippen molar-refractivity contribution in [3.8, 4) is 0 Å². The number of nitrogens with zero attached hydrogens (tertiary/aromatic N) is 7. The van der Waals surface area contributed by atoms with Crippen molar-refractivity contribution >= 4 is 75.9 Å². The highest BCUT2D eigenvalue weighted by atomic mass is 32.2. The van der Waals surface area contributed by atoms with E-state index in [9.17, 15) is 29.1 Å². The number of hydrogen-bond acceptors (Lipinski definition) is 14. The molecular formula is C22H21N9O8S3. The van der Waals surface area contributed by atoms with Crippen LogP contribution in [0.15, 0.2) is 39.1 Å². The Morgan fingerprint density at radius 1 is 1.31 bits per heavy atom. The molecule has 1 aliphatic carbocycles. The van der Waals surface area contributed by atoms with Crippen molar-refractivity contribution in [2.24, 2.45) is 5.16 Å². The van der Waals surface area contributed by atoms with Crippen LogP contribution in [0.5, 0.6) is 0 Å². The molecule has 42 heavy (non-hydrogen) atoms. The van der Waals surface area contributed by atoms with Gasteiger partial charge in [0.1, 0.15) is 35.5 Å². The van der Waals surface area contributed by atoms with Crippen molar-refractivity contribution in [3.63, 3.8) is 0 Å². The number of rotatable bonds is 13. The first kappa shape index (κ1) is 29.2. The molecule has 1 saturated heterocycles. The van der Waals surface area contributed by atoms with Gasteiger partial charge in [0.2, 0.25) is 11.6 Å². The third-order valence-electron chi connectivity index (χ3n) is 6.09. The molecule has 2 aliphatic heterocycles. The maximum Gasteiger partial charge on any atom is 0.352 e. The lowest BCUT2D eigenvalue weighted by molar-refractivity contribution is -0.150. The molecule has 0 aromatic carbocycles. The Morgan fingerprint density at radius 2 is 2.14 bits per heavy atom. The largest absolute Gasteiger partial charge is 0.480 e. The van der Waals surface area contributed by atoms with Gasteiger partial charge in [0, 0.05) is 16.9 Å². The number of aromatic nitrogens is 5. The standard InChI is InChI=1S/C22H21N9O8S3/c32-9-23-21-24-12(8-41-21)14(27-39-11-3-1-2-4-11)17(35)25-15-18(36)31-16(20(37)38)10(6-40-19(15)31)7-42-22-26-28-29-30(22)5-13(33)34/h1,3,8-9,11,15,19H,2,4-7H2,(H,25,35)(H,33,34)(H,37,38)(H,23,24,32)/b27-14-/t11?,15?,19-/m1/s1. The summed E-state index contributed by atoms with van der Waals surface area (Å²) in [7, 11) is 0. The third kappa shape index (κ3) is 6.14. The normalized spacial score (nSPS) is 21.5. The molecule has 0 saturated carbocycles. The highest BCUT2D eigenvalue weighted by molar-refractivity contribution is 8.01. The van der Waals surface area contributed by atoms with Crippen LogP contribution >= 0.6 is 34.9 Å². The quantitative estimate of drug-likeness (QED) is 0.0556. The molecule has 0 spiro atoms. The van der Waals surface area contributed by atoms with Crippen molar-refractivity contribution in [2.45, 2.75) is 42.1 Å². The second-order valence-electron chi connectivity index (χ2n) is 8.81. The van der Waals surface area contributed by atoms with E-state index >= 15 is 0 Å². The number of carbonyl (C=O) groups excluding carboxylic acids is 3. The number of allylic oxidation sites excluding steroid dienone is 1. The number of aliphatic carboxylic acids is 2. The van der Waals surface area contributed by atoms with Crippen LogP contribution in [0.2, 0.25) is 0 Å². The number of thioether (sulfide) groups is 2. The molecule has 0 radical (unpaired) electrons. The molecule has 3 amide bonds. The van der Waals surface area contributed by atoms with Gasteiger partial charge < -0.3 is 25.7 Å². The monoisotopic (exact) mass is 635 g/mol. The molecule has 220 valence electrons. The zero-order valence-corrected chi connectivity index (χ0v) is 23.7. The number of carboxylic acid groups (broad SMARTS) is 2. The lowest BCUT2D eigenvalue weighted by Crippen LogP contribution is -2.71. The molecule has 2 aromatic rings. The zero-order valence-electron chi connectivity index (χ0n) is 21.3. The van der Waals surface area contributed by atoms with Gasteiger partial charge in [0.25, 0.3) is 11.8 Å². The molecular weight excluding hydrogens is 614 g/mol. The van der Waals surface area contributed by atoms with Gasteiger partial charge in [-0.2, -0.15) is 0 Å². The smallest absolute Gasteiger partial charge is 0.352 e. The average molecular weight is 636 g/mol. The first-order valence-electron chi connectivity index (χ1n) is 12.1. The van der Waals surface area contributed by atoms with Crippen LogP contribution in [0.3, 0.4) is 0 Å². The van der Waals surface area contributed by atoms with E-state index < -0.39 is 41.7 Å². The van der Waals surface area contributed by atoms with Gasteiger partial charge >= 0.3 is 11.9 Å². The molecule has 3 aliphatic rings. The number of fused-ring (bicyclic) bond motifs is 1. The second-order valence-corrected chi connectivity index (χ2v) is 11.7. The van der Waals surface area contributed by atoms with Crippen molar-refractivity contribution in [2.75, 3.05) is 16.8 Å². The van der Waals surface area contributed by atoms with Crippen molar-refractivity contribution < 1.29 is 39.0 Å². The second kappa shape index (κ2) is 12.7. The van der Waals surface area contributed by atoms with Gasteiger partial charge in [-0.15, -0.1) is 28.2 Å². The molecule has 4 N–H and O–H groups in total. The Bertz CT molecular complexity index is 1520. The number of β-lactam (4-membered cyclic amide) rings is 1. The lowest BCUT2D eigenvalue weighted by Gasteiger charge is -2.49. The van der Waals surface area contributed by atoms with E-state index in [-0.39, 0.29) is 45.0 Å². The highest BCUT2D eigenvalue weighted by Crippen LogP contribution is 2.41. The molecule has 2 unspecified atom stereocenters. The Kier molecular flexibility index (Phi) is 8.83. The van der Waals surface area contributed by atoms with Crippen LogP contribution in [0, 0.1) is 0 Å². The molecule has 4 heterocycles. The van der Waals surface area contributed by atoms with Gasteiger partial charge in [-0.1, -0.05) is 23.0 Å². The van der Waals surface area contributed by atoms with E-state index in [1.165, 1.54) is 17.1 Å². The van der Waals surface area contributed by atoms with Crippen LogP contribution in [0.1, 0.15) is 18.5 Å². The van der Waals surface area contributed by atoms with Gasteiger partial charge in [-0.25, -0.2) is 14.5 Å². The zero-order chi connectivity index (χ0) is 29.8. The van der Waals surface area contributed by atoms with E-state index in [0.29, 0.717) is 18.4 Å². The number of carboxylic acids is 2. The van der Waals surface area contributed by atoms with Crippen molar-refractivity contribution in [3.05, 3.63) is 34.5 Å². The number of nitrogens with one attached hydrogen (secondary N) is 2. The minimum absolute atomic E-state index is 0.0902. The fraction of sp³-hybridized carbons (Fsp3) is 0.364. The maximum absolute atomic E-state index is 13.3. The van der Waals surface area contributed by atoms with Crippen LogP contribution in [0.25, 0.3) is 0 Å². The highest BCUT2D eigenvalue weighted by Gasteiger charge is 2.54. The number of amides is 3. The molecule has 1 fully saturated rings. The summed E-state index contributed by atoms with van der Waals surface area (Å²) in [5.41, 5.74) is 0.116. The Balaban J connectivity index is 1.30. The number of hydrogen-bond donors (Lipinski definition) is 4. The SMILES string of the molecule is O=CNc1nc(/C(=N/OC2C=CCC2)C(=O)NC2C(=O)N3C(C(=O)O)=C(CSc4nnnn4CC(=O)O)CS[C@H]23)cs1. The van der Waals surface area contributed by atoms with Gasteiger partial charge in [-0.3, -0.25) is 24.1 Å². The minimum atomic E-state index is -1.32. The Morgan fingerprint density at radius 3 is 2.86 bits per heavy atom. The Hall–Kier alpha value is -4.30. The molecule has 17 nitrogen and oxygen atoms in total. The fourth-order valence-electron chi connectivity index (χ4n) is 4.20. The summed E-state index contributed by atoms with van der Waals surface area (Å²) in [5.74, 6) is -3.54. The first-order chi connectivity index (χ1) is 20.3. The summed E-state index contributed by atoms with van der Waals surface area (Å²) in [6.07, 6.45) is 5.34. The number of thiazole rings is 1. The fourth-order valence-corrected chi connectivity index (χ4v) is 7.22. The molecule has 2 aromatic heterocycles. The van der Waals surface area contributed by atoms with E-state index in [1.54, 1.807) is 0 Å². The van der Waals surface area contributed by atoms with Crippen molar-refractivity contribution in [1.82, 2.24) is 35.4 Å². The topological polar surface area (TPSA) is 231 Å². The van der Waals surface area contributed by atoms with Gasteiger partial charge in [0.05, 0.1) is 0 Å². The molecule has 0 bridgehead atoms. The van der Waals surface area contributed by atoms with E-state index in [4.69, 9.17) is 9.94 Å². The summed E-state index contributed by atoms with van der Waals surface area (Å²) < 4.78 is 1.07. The number of carbonyl (C=O) groups is 5.